The van der Waals surface area contributed by atoms with Gasteiger partial charge in [-0.05, 0) is 29.8 Å². The van der Waals surface area contributed by atoms with Crippen LogP contribution in [0.15, 0.2) is 54.7 Å². The summed E-state index contributed by atoms with van der Waals surface area (Å²) in [6.07, 6.45) is 1.45. The van der Waals surface area contributed by atoms with Gasteiger partial charge in [-0.15, -0.1) is 5.10 Å². The number of amides is 2. The van der Waals surface area contributed by atoms with Gasteiger partial charge < -0.3 is 15.4 Å². The Labute approximate surface area is 166 Å². The Hall–Kier alpha value is -3.39. The van der Waals surface area contributed by atoms with Crippen molar-refractivity contribution in [3.63, 3.8) is 0 Å². The average Bonchev–Trinajstić information content (AvgIpc) is 3.21. The molecule has 2 aromatic carbocycles. The average molecular weight is 400 g/mol. The lowest BCUT2D eigenvalue weighted by Gasteiger charge is -2.07. The number of benzene rings is 2. The van der Waals surface area contributed by atoms with Crippen LogP contribution in [-0.2, 0) is 11.3 Å². The minimum absolute atomic E-state index is 0.0860. The van der Waals surface area contributed by atoms with Crippen molar-refractivity contribution in [1.82, 2.24) is 25.6 Å². The highest BCUT2D eigenvalue weighted by Gasteiger charge is 2.13. The highest BCUT2D eigenvalue weighted by atomic mass is 35.5. The summed E-state index contributed by atoms with van der Waals surface area (Å²) in [6, 6.07) is 14.4. The molecular formula is C19H18ClN5O3. The van der Waals surface area contributed by atoms with E-state index in [1.54, 1.807) is 31.4 Å². The lowest BCUT2D eigenvalue weighted by atomic mass is 10.2. The molecule has 0 unspecified atom stereocenters. The zero-order chi connectivity index (χ0) is 19.9. The minimum atomic E-state index is -0.502. The second kappa shape index (κ2) is 9.01. The molecule has 144 valence electrons. The van der Waals surface area contributed by atoms with E-state index in [0.717, 1.165) is 11.3 Å². The van der Waals surface area contributed by atoms with Crippen LogP contribution in [0, 0.1) is 0 Å². The first kappa shape index (κ1) is 19.4. The molecular weight excluding hydrogens is 382 g/mol. The number of carbonyl (C=O) groups is 2. The van der Waals surface area contributed by atoms with Crippen LogP contribution in [0.3, 0.4) is 0 Å². The van der Waals surface area contributed by atoms with Gasteiger partial charge in [-0.2, -0.15) is 0 Å². The first-order chi connectivity index (χ1) is 13.6. The Bertz CT molecular complexity index is 972. The number of rotatable bonds is 7. The first-order valence-electron chi connectivity index (χ1n) is 8.42. The van der Waals surface area contributed by atoms with Gasteiger partial charge in [0.15, 0.2) is 5.69 Å². The molecule has 0 aliphatic rings. The van der Waals surface area contributed by atoms with Crippen molar-refractivity contribution in [1.29, 1.82) is 0 Å². The number of methoxy groups -OCH3 is 1. The second-order valence-electron chi connectivity index (χ2n) is 5.81. The number of hydrogen-bond acceptors (Lipinski definition) is 5. The second-order valence-corrected chi connectivity index (χ2v) is 6.21. The van der Waals surface area contributed by atoms with Crippen molar-refractivity contribution in [3.8, 4) is 11.4 Å². The zero-order valence-corrected chi connectivity index (χ0v) is 15.8. The largest absolute Gasteiger partial charge is 0.497 e. The summed E-state index contributed by atoms with van der Waals surface area (Å²) in [5.74, 6) is -0.0762. The van der Waals surface area contributed by atoms with Gasteiger partial charge in [0.05, 0.1) is 30.6 Å². The third kappa shape index (κ3) is 4.86. The Morgan fingerprint density at radius 1 is 1.11 bits per heavy atom. The SMILES string of the molecule is COc1ccc(CNC(=O)CNC(=O)c2cn(-c3ccccc3Cl)nn2)cc1. The first-order valence-corrected chi connectivity index (χ1v) is 8.79. The highest BCUT2D eigenvalue weighted by molar-refractivity contribution is 6.32. The quantitative estimate of drug-likeness (QED) is 0.633. The molecule has 2 amide bonds. The molecule has 1 aromatic heterocycles. The normalized spacial score (nSPS) is 10.4. The third-order valence-electron chi connectivity index (χ3n) is 3.88. The van der Waals surface area contributed by atoms with Gasteiger partial charge in [-0.3, -0.25) is 9.59 Å². The summed E-state index contributed by atoms with van der Waals surface area (Å²) in [5, 5.41) is 13.4. The maximum absolute atomic E-state index is 12.2. The summed E-state index contributed by atoms with van der Waals surface area (Å²) >= 11 is 6.10. The Balaban J connectivity index is 1.49. The van der Waals surface area contributed by atoms with Crippen molar-refractivity contribution in [2.45, 2.75) is 6.54 Å². The van der Waals surface area contributed by atoms with Gasteiger partial charge in [0.25, 0.3) is 5.91 Å². The molecule has 0 spiro atoms. The molecule has 0 saturated heterocycles. The van der Waals surface area contributed by atoms with Gasteiger partial charge in [0.1, 0.15) is 5.75 Å². The molecule has 3 rings (SSSR count). The molecule has 1 heterocycles. The number of carbonyl (C=O) groups excluding carboxylic acids is 2. The minimum Gasteiger partial charge on any atom is -0.497 e. The monoisotopic (exact) mass is 399 g/mol. The van der Waals surface area contributed by atoms with E-state index in [4.69, 9.17) is 16.3 Å². The fourth-order valence-corrected chi connectivity index (χ4v) is 2.60. The van der Waals surface area contributed by atoms with Gasteiger partial charge in [-0.25, -0.2) is 4.68 Å². The van der Waals surface area contributed by atoms with E-state index in [9.17, 15) is 9.59 Å². The molecule has 0 radical (unpaired) electrons. The molecule has 28 heavy (non-hydrogen) atoms. The van der Waals surface area contributed by atoms with Crippen LogP contribution >= 0.6 is 11.6 Å². The Kier molecular flexibility index (Phi) is 6.23. The van der Waals surface area contributed by atoms with Crippen molar-refractivity contribution in [2.24, 2.45) is 0 Å². The predicted octanol–water partition coefficient (Wildman–Crippen LogP) is 1.98. The molecule has 0 aliphatic carbocycles. The molecule has 0 saturated carbocycles. The van der Waals surface area contributed by atoms with Gasteiger partial charge in [0, 0.05) is 6.54 Å². The van der Waals surface area contributed by atoms with E-state index >= 15 is 0 Å². The third-order valence-corrected chi connectivity index (χ3v) is 4.20. The molecule has 0 fully saturated rings. The summed E-state index contributed by atoms with van der Waals surface area (Å²) in [5.41, 5.74) is 1.61. The summed E-state index contributed by atoms with van der Waals surface area (Å²) in [7, 11) is 1.59. The molecule has 0 atom stereocenters. The number of nitrogens with zero attached hydrogens (tertiary/aromatic N) is 3. The van der Waals surface area contributed by atoms with Crippen LogP contribution in [0.2, 0.25) is 5.02 Å². The van der Waals surface area contributed by atoms with Crippen LogP contribution in [0.25, 0.3) is 5.69 Å². The zero-order valence-electron chi connectivity index (χ0n) is 15.1. The van der Waals surface area contributed by atoms with Crippen molar-refractivity contribution < 1.29 is 14.3 Å². The number of hydrogen-bond donors (Lipinski definition) is 2. The van der Waals surface area contributed by atoms with E-state index in [1.807, 2.05) is 24.3 Å². The lowest BCUT2D eigenvalue weighted by molar-refractivity contribution is -0.120. The topological polar surface area (TPSA) is 98.1 Å². The number of para-hydroxylation sites is 1. The smallest absolute Gasteiger partial charge is 0.273 e. The number of ether oxygens (including phenoxy) is 1. The van der Waals surface area contributed by atoms with E-state index in [1.165, 1.54) is 10.9 Å². The Morgan fingerprint density at radius 3 is 2.57 bits per heavy atom. The fourth-order valence-electron chi connectivity index (χ4n) is 2.38. The van der Waals surface area contributed by atoms with Crippen LogP contribution in [0.1, 0.15) is 16.1 Å². The predicted molar refractivity (Wildman–Crippen MR) is 104 cm³/mol. The molecule has 2 N–H and O–H groups in total. The van der Waals surface area contributed by atoms with Gasteiger partial charge >= 0.3 is 0 Å². The van der Waals surface area contributed by atoms with Crippen molar-refractivity contribution >= 4 is 23.4 Å². The van der Waals surface area contributed by atoms with Crippen molar-refractivity contribution in [2.75, 3.05) is 13.7 Å². The van der Waals surface area contributed by atoms with Gasteiger partial charge in [-0.1, -0.05) is 41.1 Å². The highest BCUT2D eigenvalue weighted by Crippen LogP contribution is 2.18. The van der Waals surface area contributed by atoms with Crippen LogP contribution in [0.5, 0.6) is 5.75 Å². The number of halogens is 1. The van der Waals surface area contributed by atoms with Crippen LogP contribution in [-0.4, -0.2) is 40.5 Å². The summed E-state index contributed by atoms with van der Waals surface area (Å²) in [4.78, 5) is 24.1. The Morgan fingerprint density at radius 2 is 1.86 bits per heavy atom. The van der Waals surface area contributed by atoms with Crippen LogP contribution < -0.4 is 15.4 Å². The molecule has 0 bridgehead atoms. The van der Waals surface area contributed by atoms with E-state index < -0.39 is 5.91 Å². The molecule has 0 aliphatic heterocycles. The fraction of sp³-hybridized carbons (Fsp3) is 0.158. The summed E-state index contributed by atoms with van der Waals surface area (Å²) < 4.78 is 6.49. The summed E-state index contributed by atoms with van der Waals surface area (Å²) in [6.45, 7) is 0.176. The standard InChI is InChI=1S/C19H18ClN5O3/c1-28-14-8-6-13(7-9-14)10-21-18(26)11-22-19(27)16-12-25(24-23-16)17-5-3-2-4-15(17)20/h2-9,12H,10-11H2,1H3,(H,21,26)(H,22,27). The lowest BCUT2D eigenvalue weighted by Crippen LogP contribution is -2.36. The molecule has 3 aromatic rings. The van der Waals surface area contributed by atoms with Crippen molar-refractivity contribution in [3.05, 3.63) is 71.0 Å². The van der Waals surface area contributed by atoms with E-state index in [0.29, 0.717) is 17.3 Å². The number of aromatic nitrogens is 3. The molecule has 9 heteroatoms. The van der Waals surface area contributed by atoms with E-state index in [-0.39, 0.29) is 18.1 Å². The van der Waals surface area contributed by atoms with E-state index in [2.05, 4.69) is 20.9 Å². The number of nitrogens with one attached hydrogen (secondary N) is 2. The van der Waals surface area contributed by atoms with Gasteiger partial charge in [0.2, 0.25) is 5.91 Å². The molecule has 8 nitrogen and oxygen atoms in total. The maximum atomic E-state index is 12.2. The van der Waals surface area contributed by atoms with Crippen LogP contribution in [0.4, 0.5) is 0 Å². The maximum Gasteiger partial charge on any atom is 0.273 e.